The second-order valence-corrected chi connectivity index (χ2v) is 7.70. The third-order valence-corrected chi connectivity index (χ3v) is 4.32. The van der Waals surface area contributed by atoms with Crippen LogP contribution in [0, 0.1) is 5.92 Å². The van der Waals surface area contributed by atoms with Crippen molar-refractivity contribution in [3.05, 3.63) is 0 Å². The van der Waals surface area contributed by atoms with E-state index in [-0.39, 0.29) is 24.2 Å². The van der Waals surface area contributed by atoms with E-state index in [0.717, 1.165) is 31.8 Å². The van der Waals surface area contributed by atoms with Crippen molar-refractivity contribution in [1.29, 1.82) is 0 Å². The predicted molar refractivity (Wildman–Crippen MR) is 94.1 cm³/mol. The SMILES string of the molecule is CCNC(=NCC1CCCC1O)NC1CN(C(=O)OC(C)(C)C)C1. The van der Waals surface area contributed by atoms with E-state index >= 15 is 0 Å². The van der Waals surface area contributed by atoms with Crippen molar-refractivity contribution in [2.45, 2.75) is 64.7 Å². The zero-order chi connectivity index (χ0) is 17.7. The third kappa shape index (κ3) is 5.54. The minimum absolute atomic E-state index is 0.184. The number of rotatable bonds is 4. The summed E-state index contributed by atoms with van der Waals surface area (Å²) in [5, 5.41) is 16.5. The minimum Gasteiger partial charge on any atom is -0.444 e. The fourth-order valence-corrected chi connectivity index (χ4v) is 3.00. The standard InChI is InChI=1S/C17H32N4O3/c1-5-18-15(19-9-12-7-6-8-14(12)22)20-13-10-21(11-13)16(23)24-17(2,3)4/h12-14,22H,5-11H2,1-4H3,(H2,18,19,20). The van der Waals surface area contributed by atoms with E-state index in [9.17, 15) is 9.90 Å². The molecule has 138 valence electrons. The molecule has 1 aliphatic heterocycles. The maximum Gasteiger partial charge on any atom is 0.410 e. The summed E-state index contributed by atoms with van der Waals surface area (Å²) in [5.74, 6) is 1.02. The lowest BCUT2D eigenvalue weighted by molar-refractivity contribution is 0.00699. The maximum absolute atomic E-state index is 11.9. The van der Waals surface area contributed by atoms with Crippen LogP contribution in [0.2, 0.25) is 0 Å². The fourth-order valence-electron chi connectivity index (χ4n) is 3.00. The molecule has 7 nitrogen and oxygen atoms in total. The smallest absolute Gasteiger partial charge is 0.410 e. The number of amides is 1. The lowest BCUT2D eigenvalue weighted by Crippen LogP contribution is -2.63. The topological polar surface area (TPSA) is 86.2 Å². The van der Waals surface area contributed by atoms with Gasteiger partial charge in [-0.25, -0.2) is 4.79 Å². The van der Waals surface area contributed by atoms with Gasteiger partial charge in [0.2, 0.25) is 0 Å². The molecule has 0 aromatic heterocycles. The summed E-state index contributed by atoms with van der Waals surface area (Å²) in [6.45, 7) is 10.3. The van der Waals surface area contributed by atoms with Crippen LogP contribution in [0.1, 0.15) is 47.0 Å². The van der Waals surface area contributed by atoms with Gasteiger partial charge in [-0.05, 0) is 40.5 Å². The average Bonchev–Trinajstić information content (AvgIpc) is 2.82. The Labute approximate surface area is 144 Å². The van der Waals surface area contributed by atoms with Crippen LogP contribution in [0.5, 0.6) is 0 Å². The van der Waals surface area contributed by atoms with Crippen molar-refractivity contribution >= 4 is 12.1 Å². The highest BCUT2D eigenvalue weighted by atomic mass is 16.6. The molecule has 24 heavy (non-hydrogen) atoms. The largest absolute Gasteiger partial charge is 0.444 e. The number of aliphatic hydroxyl groups excluding tert-OH is 1. The quantitative estimate of drug-likeness (QED) is 0.531. The van der Waals surface area contributed by atoms with Crippen molar-refractivity contribution < 1.29 is 14.6 Å². The Morgan fingerprint density at radius 3 is 2.58 bits per heavy atom. The first-order chi connectivity index (χ1) is 11.3. The molecule has 7 heteroatoms. The Balaban J connectivity index is 1.77. The Kier molecular flexibility index (Phi) is 6.32. The van der Waals surface area contributed by atoms with Crippen molar-refractivity contribution in [3.8, 4) is 0 Å². The molecule has 2 aliphatic rings. The monoisotopic (exact) mass is 340 g/mol. The van der Waals surface area contributed by atoms with Gasteiger partial charge >= 0.3 is 6.09 Å². The molecule has 0 aromatic carbocycles. The van der Waals surface area contributed by atoms with Crippen LogP contribution in [0.4, 0.5) is 4.79 Å². The minimum atomic E-state index is -0.464. The van der Waals surface area contributed by atoms with Gasteiger partial charge in [-0.15, -0.1) is 0 Å². The van der Waals surface area contributed by atoms with E-state index < -0.39 is 5.60 Å². The molecule has 1 amide bonds. The first-order valence-corrected chi connectivity index (χ1v) is 8.99. The van der Waals surface area contributed by atoms with Gasteiger partial charge in [-0.3, -0.25) is 4.99 Å². The van der Waals surface area contributed by atoms with E-state index in [1.54, 1.807) is 4.90 Å². The number of nitrogens with zero attached hydrogens (tertiary/aromatic N) is 2. The van der Waals surface area contributed by atoms with Crippen molar-refractivity contribution in [2.24, 2.45) is 10.9 Å². The molecule has 2 unspecified atom stereocenters. The van der Waals surface area contributed by atoms with Gasteiger partial charge in [0.1, 0.15) is 5.60 Å². The fraction of sp³-hybridized carbons (Fsp3) is 0.882. The lowest BCUT2D eigenvalue weighted by atomic mass is 10.1. The second kappa shape index (κ2) is 8.05. The van der Waals surface area contributed by atoms with Crippen LogP contribution in [0.25, 0.3) is 0 Å². The molecule has 2 rings (SSSR count). The van der Waals surface area contributed by atoms with E-state index in [0.29, 0.717) is 19.6 Å². The Hall–Kier alpha value is -1.50. The Morgan fingerprint density at radius 1 is 1.33 bits per heavy atom. The molecule has 1 saturated heterocycles. The highest BCUT2D eigenvalue weighted by molar-refractivity contribution is 5.80. The van der Waals surface area contributed by atoms with E-state index in [1.165, 1.54) is 0 Å². The van der Waals surface area contributed by atoms with E-state index in [4.69, 9.17) is 4.74 Å². The number of likely N-dealkylation sites (tertiary alicyclic amines) is 1. The molecular formula is C17H32N4O3. The summed E-state index contributed by atoms with van der Waals surface area (Å²) >= 11 is 0. The van der Waals surface area contributed by atoms with Crippen molar-refractivity contribution in [1.82, 2.24) is 15.5 Å². The van der Waals surface area contributed by atoms with Gasteiger partial charge in [0.05, 0.1) is 12.1 Å². The molecule has 1 saturated carbocycles. The number of aliphatic hydroxyl groups is 1. The number of carbonyl (C=O) groups is 1. The zero-order valence-electron chi connectivity index (χ0n) is 15.3. The van der Waals surface area contributed by atoms with E-state index in [1.807, 2.05) is 27.7 Å². The van der Waals surface area contributed by atoms with Gasteiger partial charge < -0.3 is 25.4 Å². The average molecular weight is 340 g/mol. The summed E-state index contributed by atoms with van der Waals surface area (Å²) in [6.07, 6.45) is 2.52. The number of ether oxygens (including phenoxy) is 1. The van der Waals surface area contributed by atoms with Crippen LogP contribution < -0.4 is 10.6 Å². The van der Waals surface area contributed by atoms with Gasteiger partial charge in [0.25, 0.3) is 0 Å². The zero-order valence-corrected chi connectivity index (χ0v) is 15.3. The molecule has 1 aliphatic carbocycles. The number of hydrogen-bond acceptors (Lipinski definition) is 4. The highest BCUT2D eigenvalue weighted by Crippen LogP contribution is 2.25. The lowest BCUT2D eigenvalue weighted by Gasteiger charge is -2.40. The first kappa shape index (κ1) is 18.8. The number of aliphatic imine (C=N–C) groups is 1. The van der Waals surface area contributed by atoms with Crippen LogP contribution in [0.3, 0.4) is 0 Å². The Morgan fingerprint density at radius 2 is 2.04 bits per heavy atom. The molecule has 1 heterocycles. The normalized spacial score (nSPS) is 25.4. The van der Waals surface area contributed by atoms with Gasteiger partial charge in [-0.2, -0.15) is 0 Å². The van der Waals surface area contributed by atoms with Gasteiger partial charge in [-0.1, -0.05) is 6.42 Å². The first-order valence-electron chi connectivity index (χ1n) is 8.99. The van der Waals surface area contributed by atoms with Crippen LogP contribution in [-0.4, -0.2) is 66.0 Å². The van der Waals surface area contributed by atoms with E-state index in [2.05, 4.69) is 15.6 Å². The molecule has 2 atom stereocenters. The third-order valence-electron chi connectivity index (χ3n) is 4.32. The molecule has 0 bridgehead atoms. The number of carbonyl (C=O) groups excluding carboxylic acids is 1. The van der Waals surface area contributed by atoms with Gasteiger partial charge in [0, 0.05) is 32.1 Å². The molecular weight excluding hydrogens is 308 g/mol. The predicted octanol–water partition coefficient (Wildman–Crippen LogP) is 1.32. The molecule has 0 radical (unpaired) electrons. The van der Waals surface area contributed by atoms with Crippen LogP contribution in [-0.2, 0) is 4.74 Å². The number of guanidine groups is 1. The summed E-state index contributed by atoms with van der Waals surface area (Å²) in [7, 11) is 0. The molecule has 0 aromatic rings. The van der Waals surface area contributed by atoms with Crippen molar-refractivity contribution in [2.75, 3.05) is 26.2 Å². The number of hydrogen-bond donors (Lipinski definition) is 3. The summed E-state index contributed by atoms with van der Waals surface area (Å²) in [5.41, 5.74) is -0.464. The summed E-state index contributed by atoms with van der Waals surface area (Å²) in [6, 6.07) is 0.184. The molecule has 0 spiro atoms. The second-order valence-electron chi connectivity index (χ2n) is 7.70. The van der Waals surface area contributed by atoms with Crippen molar-refractivity contribution in [3.63, 3.8) is 0 Å². The maximum atomic E-state index is 11.9. The highest BCUT2D eigenvalue weighted by Gasteiger charge is 2.34. The summed E-state index contributed by atoms with van der Waals surface area (Å²) < 4.78 is 5.35. The van der Waals surface area contributed by atoms with Crippen LogP contribution >= 0.6 is 0 Å². The Bertz CT molecular complexity index is 455. The summed E-state index contributed by atoms with van der Waals surface area (Å²) in [4.78, 5) is 18.2. The number of nitrogens with one attached hydrogen (secondary N) is 2. The molecule has 2 fully saturated rings. The van der Waals surface area contributed by atoms with Gasteiger partial charge in [0.15, 0.2) is 5.96 Å². The van der Waals surface area contributed by atoms with Crippen LogP contribution in [0.15, 0.2) is 4.99 Å². The molecule has 3 N–H and O–H groups in total.